The first-order valence-corrected chi connectivity index (χ1v) is 14.3. The van der Waals surface area contributed by atoms with Crippen molar-refractivity contribution >= 4 is 28.3 Å². The van der Waals surface area contributed by atoms with Gasteiger partial charge in [0.1, 0.15) is 11.7 Å². The van der Waals surface area contributed by atoms with Crippen molar-refractivity contribution < 1.29 is 19.4 Å². The molecule has 4 unspecified atom stereocenters. The minimum Gasteiger partial charge on any atom is -0.385 e. The van der Waals surface area contributed by atoms with Crippen LogP contribution in [0.2, 0.25) is 5.02 Å². The van der Waals surface area contributed by atoms with E-state index in [1.165, 1.54) is 0 Å². The van der Waals surface area contributed by atoms with Gasteiger partial charge in [-0.25, -0.2) is 0 Å². The SMILES string of the molecule is COCCCCC(O)(c1cccc(Cl)c1-c1cncc2ccccc12)C1CN(C(=O)C2CCC(N)C2)CCO1. The third-order valence-electron chi connectivity index (χ3n) is 8.31. The number of amides is 1. The number of carbonyl (C=O) groups is 1. The van der Waals surface area contributed by atoms with Crippen LogP contribution in [0.5, 0.6) is 0 Å². The Morgan fingerprint density at radius 3 is 2.85 bits per heavy atom. The first kappa shape index (κ1) is 28.0. The van der Waals surface area contributed by atoms with Gasteiger partial charge in [-0.05, 0) is 55.5 Å². The maximum absolute atomic E-state index is 13.4. The quantitative estimate of drug-likeness (QED) is 0.367. The second-order valence-corrected chi connectivity index (χ2v) is 11.3. The average molecular weight is 552 g/mol. The fraction of sp³-hybridized carbons (Fsp3) is 0.484. The lowest BCUT2D eigenvalue weighted by Gasteiger charge is -2.44. The highest BCUT2D eigenvalue weighted by Gasteiger charge is 2.45. The van der Waals surface area contributed by atoms with E-state index in [2.05, 4.69) is 4.98 Å². The number of carbonyl (C=O) groups excluding carboxylic acids is 1. The van der Waals surface area contributed by atoms with E-state index in [0.717, 1.165) is 47.6 Å². The zero-order valence-corrected chi connectivity index (χ0v) is 23.3. The number of rotatable bonds is 9. The van der Waals surface area contributed by atoms with Gasteiger partial charge < -0.3 is 25.2 Å². The van der Waals surface area contributed by atoms with Gasteiger partial charge in [0, 0.05) is 66.2 Å². The van der Waals surface area contributed by atoms with Gasteiger partial charge >= 0.3 is 0 Å². The lowest BCUT2D eigenvalue weighted by Crippen LogP contribution is -2.55. The maximum atomic E-state index is 13.4. The Kier molecular flexibility index (Phi) is 8.84. The summed E-state index contributed by atoms with van der Waals surface area (Å²) in [6.07, 6.45) is 7.36. The maximum Gasteiger partial charge on any atom is 0.225 e. The molecule has 2 aromatic carbocycles. The van der Waals surface area contributed by atoms with E-state index >= 15 is 0 Å². The minimum absolute atomic E-state index is 0.0583. The summed E-state index contributed by atoms with van der Waals surface area (Å²) in [6.45, 7) is 1.78. The number of morpholine rings is 1. The van der Waals surface area contributed by atoms with Crippen molar-refractivity contribution in [3.8, 4) is 11.1 Å². The Balaban J connectivity index is 1.55. The van der Waals surface area contributed by atoms with Crippen molar-refractivity contribution in [1.82, 2.24) is 9.88 Å². The van der Waals surface area contributed by atoms with Gasteiger partial charge in [0.25, 0.3) is 0 Å². The molecule has 5 rings (SSSR count). The number of aliphatic hydroxyl groups is 1. The van der Waals surface area contributed by atoms with E-state index in [9.17, 15) is 9.90 Å². The summed E-state index contributed by atoms with van der Waals surface area (Å²) >= 11 is 6.90. The Morgan fingerprint density at radius 1 is 1.21 bits per heavy atom. The van der Waals surface area contributed by atoms with Crippen molar-refractivity contribution in [2.75, 3.05) is 33.4 Å². The summed E-state index contributed by atoms with van der Waals surface area (Å²) in [5, 5.41) is 15.2. The van der Waals surface area contributed by atoms with Crippen LogP contribution >= 0.6 is 11.6 Å². The Labute approximate surface area is 235 Å². The van der Waals surface area contributed by atoms with Gasteiger partial charge in [0.05, 0.1) is 13.2 Å². The van der Waals surface area contributed by atoms with Gasteiger partial charge in [0.2, 0.25) is 5.91 Å². The molecule has 7 nitrogen and oxygen atoms in total. The topological polar surface area (TPSA) is 97.9 Å². The van der Waals surface area contributed by atoms with Crippen molar-refractivity contribution in [3.05, 3.63) is 65.4 Å². The molecule has 0 spiro atoms. The third kappa shape index (κ3) is 5.83. The fourth-order valence-electron chi connectivity index (χ4n) is 6.22. The van der Waals surface area contributed by atoms with E-state index in [1.807, 2.05) is 53.6 Å². The number of nitrogens with zero attached hydrogens (tertiary/aromatic N) is 2. The van der Waals surface area contributed by atoms with Crippen LogP contribution < -0.4 is 5.73 Å². The van der Waals surface area contributed by atoms with E-state index < -0.39 is 11.7 Å². The summed E-state index contributed by atoms with van der Waals surface area (Å²) in [4.78, 5) is 19.8. The highest BCUT2D eigenvalue weighted by molar-refractivity contribution is 6.34. The van der Waals surface area contributed by atoms with Crippen molar-refractivity contribution in [1.29, 1.82) is 0 Å². The molecule has 3 aromatic rings. The molecule has 208 valence electrons. The van der Waals surface area contributed by atoms with Crippen LogP contribution in [0.25, 0.3) is 21.9 Å². The van der Waals surface area contributed by atoms with Crippen LogP contribution in [-0.2, 0) is 19.9 Å². The molecule has 39 heavy (non-hydrogen) atoms. The largest absolute Gasteiger partial charge is 0.385 e. The average Bonchev–Trinajstić information content (AvgIpc) is 3.40. The molecule has 2 aliphatic rings. The van der Waals surface area contributed by atoms with Crippen molar-refractivity contribution in [2.45, 2.75) is 56.3 Å². The Bertz CT molecular complexity index is 1300. The lowest BCUT2D eigenvalue weighted by atomic mass is 9.78. The van der Waals surface area contributed by atoms with Crippen LogP contribution in [0.3, 0.4) is 0 Å². The van der Waals surface area contributed by atoms with E-state index in [1.54, 1.807) is 13.3 Å². The minimum atomic E-state index is -1.39. The van der Waals surface area contributed by atoms with Gasteiger partial charge in [-0.15, -0.1) is 0 Å². The summed E-state index contributed by atoms with van der Waals surface area (Å²) in [5.74, 6) is 0.0552. The van der Waals surface area contributed by atoms with Crippen molar-refractivity contribution in [2.24, 2.45) is 11.7 Å². The van der Waals surface area contributed by atoms with E-state index in [4.69, 9.17) is 26.8 Å². The van der Waals surface area contributed by atoms with Gasteiger partial charge in [-0.1, -0.05) is 48.0 Å². The molecule has 4 atom stereocenters. The van der Waals surface area contributed by atoms with Crippen LogP contribution in [0.15, 0.2) is 54.9 Å². The molecule has 3 N–H and O–H groups in total. The van der Waals surface area contributed by atoms with Gasteiger partial charge in [-0.2, -0.15) is 0 Å². The summed E-state index contributed by atoms with van der Waals surface area (Å²) in [5.41, 5.74) is 7.00. The molecular weight excluding hydrogens is 514 g/mol. The molecule has 0 bridgehead atoms. The second kappa shape index (κ2) is 12.3. The van der Waals surface area contributed by atoms with Crippen LogP contribution in [0.4, 0.5) is 0 Å². The number of methoxy groups -OCH3 is 1. The molecule has 1 saturated heterocycles. The number of halogens is 1. The van der Waals surface area contributed by atoms with Crippen LogP contribution in [-0.4, -0.2) is 66.5 Å². The Morgan fingerprint density at radius 2 is 2.05 bits per heavy atom. The Hall–Kier alpha value is -2.55. The molecular formula is C31H38ClN3O4. The molecule has 2 heterocycles. The number of hydrogen-bond donors (Lipinski definition) is 2. The summed E-state index contributed by atoms with van der Waals surface area (Å²) in [6, 6.07) is 13.7. The number of ether oxygens (including phenoxy) is 2. The first-order valence-electron chi connectivity index (χ1n) is 13.9. The van der Waals surface area contributed by atoms with Gasteiger partial charge in [-0.3, -0.25) is 9.78 Å². The molecule has 1 aliphatic heterocycles. The highest BCUT2D eigenvalue weighted by atomic mass is 35.5. The molecule has 1 amide bonds. The normalized spacial score (nSPS) is 23.2. The lowest BCUT2D eigenvalue weighted by molar-refractivity contribution is -0.167. The van der Waals surface area contributed by atoms with E-state index in [-0.39, 0.29) is 17.9 Å². The summed E-state index contributed by atoms with van der Waals surface area (Å²) < 4.78 is 11.6. The molecule has 2 fully saturated rings. The number of unbranched alkanes of at least 4 members (excludes halogenated alkanes) is 1. The summed E-state index contributed by atoms with van der Waals surface area (Å²) in [7, 11) is 1.68. The zero-order valence-electron chi connectivity index (χ0n) is 22.5. The first-order chi connectivity index (χ1) is 18.9. The monoisotopic (exact) mass is 551 g/mol. The molecule has 1 saturated carbocycles. The predicted molar refractivity (Wildman–Crippen MR) is 153 cm³/mol. The molecule has 1 aliphatic carbocycles. The second-order valence-electron chi connectivity index (χ2n) is 10.9. The number of nitrogens with two attached hydrogens (primary N) is 1. The number of fused-ring (bicyclic) bond motifs is 1. The fourth-order valence-corrected chi connectivity index (χ4v) is 6.50. The number of hydrogen-bond acceptors (Lipinski definition) is 6. The third-order valence-corrected chi connectivity index (χ3v) is 8.62. The zero-order chi connectivity index (χ0) is 27.4. The van der Waals surface area contributed by atoms with Crippen molar-refractivity contribution in [3.63, 3.8) is 0 Å². The van der Waals surface area contributed by atoms with Gasteiger partial charge in [0.15, 0.2) is 0 Å². The number of aromatic nitrogens is 1. The predicted octanol–water partition coefficient (Wildman–Crippen LogP) is 4.91. The standard InChI is InChI=1S/C31H38ClN3O4/c1-38-15-5-4-13-31(37,28-20-35(14-16-39-28)30(36)21-11-12-23(33)17-21)26-9-6-10-27(32)29(26)25-19-34-18-22-7-2-3-8-24(22)25/h2-3,6-10,18-19,21,23,28,37H,4-5,11-17,20,33H2,1H3. The highest BCUT2D eigenvalue weighted by Crippen LogP contribution is 2.44. The van der Waals surface area contributed by atoms with E-state index in [0.29, 0.717) is 49.7 Å². The smallest absolute Gasteiger partial charge is 0.225 e. The number of pyridine rings is 1. The van der Waals surface area contributed by atoms with Crippen LogP contribution in [0.1, 0.15) is 44.1 Å². The number of benzene rings is 2. The molecule has 1 aromatic heterocycles. The van der Waals surface area contributed by atoms with Crippen LogP contribution in [0, 0.1) is 5.92 Å². The molecule has 8 heteroatoms. The molecule has 0 radical (unpaired) electrons.